The normalized spacial score (nSPS) is 20.7. The minimum absolute atomic E-state index is 0.124. The molecule has 0 aliphatic carbocycles. The van der Waals surface area contributed by atoms with Gasteiger partial charge in [0.15, 0.2) is 0 Å². The van der Waals surface area contributed by atoms with E-state index in [4.69, 9.17) is 10.5 Å². The highest BCUT2D eigenvalue weighted by atomic mass is 16.5. The summed E-state index contributed by atoms with van der Waals surface area (Å²) in [4.78, 5) is 18.4. The lowest BCUT2D eigenvalue weighted by Gasteiger charge is -2.06. The Bertz CT molecular complexity index is 382. The van der Waals surface area contributed by atoms with E-state index >= 15 is 0 Å². The van der Waals surface area contributed by atoms with E-state index in [9.17, 15) is 4.79 Å². The van der Waals surface area contributed by atoms with Gasteiger partial charge in [-0.1, -0.05) is 0 Å². The van der Waals surface area contributed by atoms with E-state index in [-0.39, 0.29) is 12.1 Å². The SMILES string of the molecule is NCc1cnc(CC2CCOC2)[nH]c1=O. The molecule has 15 heavy (non-hydrogen) atoms. The van der Waals surface area contributed by atoms with Crippen LogP contribution in [0.15, 0.2) is 11.0 Å². The molecule has 3 N–H and O–H groups in total. The van der Waals surface area contributed by atoms with Crippen molar-refractivity contribution in [2.24, 2.45) is 11.7 Å². The molecule has 1 aromatic heterocycles. The zero-order valence-corrected chi connectivity index (χ0v) is 8.53. The molecule has 0 amide bonds. The van der Waals surface area contributed by atoms with Crippen LogP contribution in [0, 0.1) is 5.92 Å². The zero-order valence-electron chi connectivity index (χ0n) is 8.53. The van der Waals surface area contributed by atoms with Gasteiger partial charge in [-0.2, -0.15) is 0 Å². The van der Waals surface area contributed by atoms with E-state index < -0.39 is 0 Å². The molecule has 0 radical (unpaired) electrons. The Morgan fingerprint density at radius 3 is 3.13 bits per heavy atom. The van der Waals surface area contributed by atoms with Crippen LogP contribution in [-0.2, 0) is 17.7 Å². The van der Waals surface area contributed by atoms with Crippen LogP contribution in [0.4, 0.5) is 0 Å². The van der Waals surface area contributed by atoms with Crippen LogP contribution in [0.1, 0.15) is 17.8 Å². The second-order valence-electron chi connectivity index (χ2n) is 3.82. The summed E-state index contributed by atoms with van der Waals surface area (Å²) in [7, 11) is 0. The van der Waals surface area contributed by atoms with Gasteiger partial charge in [0.05, 0.1) is 0 Å². The van der Waals surface area contributed by atoms with Gasteiger partial charge >= 0.3 is 0 Å². The largest absolute Gasteiger partial charge is 0.381 e. The molecule has 2 heterocycles. The van der Waals surface area contributed by atoms with Crippen molar-refractivity contribution >= 4 is 0 Å². The van der Waals surface area contributed by atoms with Gasteiger partial charge in [0.1, 0.15) is 5.82 Å². The number of rotatable bonds is 3. The molecule has 0 saturated carbocycles. The Labute approximate surface area is 87.7 Å². The molecule has 1 aromatic rings. The lowest BCUT2D eigenvalue weighted by Crippen LogP contribution is -2.20. The van der Waals surface area contributed by atoms with Gasteiger partial charge < -0.3 is 15.5 Å². The van der Waals surface area contributed by atoms with E-state index in [2.05, 4.69) is 9.97 Å². The molecule has 0 spiro atoms. The van der Waals surface area contributed by atoms with Gasteiger partial charge in [0.25, 0.3) is 5.56 Å². The van der Waals surface area contributed by atoms with E-state index in [1.54, 1.807) is 6.20 Å². The van der Waals surface area contributed by atoms with Crippen LogP contribution >= 0.6 is 0 Å². The molecule has 0 bridgehead atoms. The zero-order chi connectivity index (χ0) is 10.7. The van der Waals surface area contributed by atoms with Gasteiger partial charge in [-0.3, -0.25) is 4.79 Å². The number of hydrogen-bond donors (Lipinski definition) is 2. The highest BCUT2D eigenvalue weighted by molar-refractivity contribution is 5.05. The number of hydrogen-bond acceptors (Lipinski definition) is 4. The van der Waals surface area contributed by atoms with Crippen LogP contribution in [0.25, 0.3) is 0 Å². The molecule has 1 aliphatic rings. The molecule has 1 saturated heterocycles. The molecule has 5 nitrogen and oxygen atoms in total. The summed E-state index contributed by atoms with van der Waals surface area (Å²) >= 11 is 0. The van der Waals surface area contributed by atoms with E-state index in [0.29, 0.717) is 11.5 Å². The first-order valence-corrected chi connectivity index (χ1v) is 5.14. The van der Waals surface area contributed by atoms with E-state index in [1.807, 2.05) is 0 Å². The predicted octanol–water partition coefficient (Wildman–Crippen LogP) is -0.192. The van der Waals surface area contributed by atoms with Crippen LogP contribution in [-0.4, -0.2) is 23.2 Å². The molecule has 2 rings (SSSR count). The number of nitrogens with zero attached hydrogens (tertiary/aromatic N) is 1. The average molecular weight is 209 g/mol. The standard InChI is InChI=1S/C10H15N3O2/c11-4-8-5-12-9(13-10(8)14)3-7-1-2-15-6-7/h5,7H,1-4,6,11H2,(H,12,13,14). The first-order chi connectivity index (χ1) is 7.29. The van der Waals surface area contributed by atoms with Crippen molar-refractivity contribution in [2.45, 2.75) is 19.4 Å². The van der Waals surface area contributed by atoms with Gasteiger partial charge in [-0.15, -0.1) is 0 Å². The maximum atomic E-state index is 11.4. The second-order valence-corrected chi connectivity index (χ2v) is 3.82. The first kappa shape index (κ1) is 10.3. The van der Waals surface area contributed by atoms with Crippen molar-refractivity contribution in [3.63, 3.8) is 0 Å². The minimum atomic E-state index is -0.124. The molecule has 0 aromatic carbocycles. The summed E-state index contributed by atoms with van der Waals surface area (Å²) in [5.74, 6) is 1.21. The van der Waals surface area contributed by atoms with Gasteiger partial charge in [-0.25, -0.2) is 4.98 Å². The lowest BCUT2D eigenvalue weighted by molar-refractivity contribution is 0.185. The molecule has 82 valence electrons. The summed E-state index contributed by atoms with van der Waals surface area (Å²) in [6, 6.07) is 0. The number of nitrogens with one attached hydrogen (secondary N) is 1. The van der Waals surface area contributed by atoms with Crippen molar-refractivity contribution in [3.8, 4) is 0 Å². The summed E-state index contributed by atoms with van der Waals surface area (Å²) in [6.45, 7) is 1.81. The molecule has 1 fully saturated rings. The summed E-state index contributed by atoms with van der Waals surface area (Å²) < 4.78 is 5.26. The fourth-order valence-electron chi connectivity index (χ4n) is 1.72. The van der Waals surface area contributed by atoms with Crippen LogP contribution in [0.5, 0.6) is 0 Å². The van der Waals surface area contributed by atoms with E-state index in [0.717, 1.165) is 31.9 Å². The molecular formula is C10H15N3O2. The van der Waals surface area contributed by atoms with Crippen LogP contribution < -0.4 is 11.3 Å². The first-order valence-electron chi connectivity index (χ1n) is 5.14. The Hall–Kier alpha value is -1.20. The number of nitrogens with two attached hydrogens (primary N) is 1. The van der Waals surface area contributed by atoms with Crippen LogP contribution in [0.3, 0.4) is 0 Å². The number of aromatic nitrogens is 2. The summed E-state index contributed by atoms with van der Waals surface area (Å²) in [5.41, 5.74) is 5.79. The fraction of sp³-hybridized carbons (Fsp3) is 0.600. The minimum Gasteiger partial charge on any atom is -0.381 e. The highest BCUT2D eigenvalue weighted by Crippen LogP contribution is 2.15. The molecule has 1 aliphatic heterocycles. The van der Waals surface area contributed by atoms with Gasteiger partial charge in [0.2, 0.25) is 0 Å². The van der Waals surface area contributed by atoms with E-state index in [1.165, 1.54) is 0 Å². The van der Waals surface area contributed by atoms with Crippen molar-refractivity contribution in [3.05, 3.63) is 27.9 Å². The maximum Gasteiger partial charge on any atom is 0.255 e. The number of ether oxygens (including phenoxy) is 1. The average Bonchev–Trinajstić information content (AvgIpc) is 2.71. The van der Waals surface area contributed by atoms with Crippen molar-refractivity contribution in [1.82, 2.24) is 9.97 Å². The maximum absolute atomic E-state index is 11.4. The predicted molar refractivity (Wildman–Crippen MR) is 55.4 cm³/mol. The molecule has 5 heteroatoms. The van der Waals surface area contributed by atoms with Crippen molar-refractivity contribution < 1.29 is 4.74 Å². The smallest absolute Gasteiger partial charge is 0.255 e. The van der Waals surface area contributed by atoms with Crippen molar-refractivity contribution in [1.29, 1.82) is 0 Å². The fourth-order valence-corrected chi connectivity index (χ4v) is 1.72. The molecular weight excluding hydrogens is 194 g/mol. The highest BCUT2D eigenvalue weighted by Gasteiger charge is 2.17. The lowest BCUT2D eigenvalue weighted by atomic mass is 10.0. The van der Waals surface area contributed by atoms with Crippen LogP contribution in [0.2, 0.25) is 0 Å². The Balaban J connectivity index is 2.08. The summed E-state index contributed by atoms with van der Waals surface area (Å²) in [6.07, 6.45) is 3.38. The van der Waals surface area contributed by atoms with Gasteiger partial charge in [-0.05, 0) is 12.3 Å². The van der Waals surface area contributed by atoms with Gasteiger partial charge in [0, 0.05) is 37.9 Å². The summed E-state index contributed by atoms with van der Waals surface area (Å²) in [5, 5.41) is 0. The Morgan fingerprint density at radius 1 is 1.67 bits per heavy atom. The third-order valence-electron chi connectivity index (χ3n) is 2.65. The monoisotopic (exact) mass is 209 g/mol. The Morgan fingerprint density at radius 2 is 2.53 bits per heavy atom. The second kappa shape index (κ2) is 4.55. The quantitative estimate of drug-likeness (QED) is 0.722. The Kier molecular flexibility index (Phi) is 3.13. The number of H-pyrrole nitrogens is 1. The number of aromatic amines is 1. The topological polar surface area (TPSA) is 81.0 Å². The molecule has 1 atom stereocenters. The third-order valence-corrected chi connectivity index (χ3v) is 2.65. The molecule has 1 unspecified atom stereocenters. The third kappa shape index (κ3) is 2.43. The van der Waals surface area contributed by atoms with Crippen molar-refractivity contribution in [2.75, 3.05) is 13.2 Å².